The van der Waals surface area contributed by atoms with Crippen LogP contribution in [0.5, 0.6) is 0 Å². The number of morpholine rings is 1. The largest absolute Gasteiger partial charge is 0.375 e. The molecule has 1 aliphatic rings. The number of carbonyl (C=O) groups is 1. The molecule has 1 aromatic carbocycles. The van der Waals surface area contributed by atoms with Crippen LogP contribution in [0.25, 0.3) is 5.69 Å². The molecule has 1 amide bonds. The van der Waals surface area contributed by atoms with Gasteiger partial charge in [-0.25, -0.2) is 0 Å². The first kappa shape index (κ1) is 15.8. The van der Waals surface area contributed by atoms with Crippen molar-refractivity contribution in [2.45, 2.75) is 12.5 Å². The Balaban J connectivity index is 1.48. The maximum Gasteiger partial charge on any atom is 0.251 e. The third kappa shape index (κ3) is 4.21. The topological polar surface area (TPSA) is 46.5 Å². The van der Waals surface area contributed by atoms with Gasteiger partial charge in [0, 0.05) is 43.3 Å². The molecule has 2 aromatic rings. The summed E-state index contributed by atoms with van der Waals surface area (Å²) in [6.07, 6.45) is 5.02. The van der Waals surface area contributed by atoms with Crippen LogP contribution in [0.15, 0.2) is 48.8 Å². The van der Waals surface area contributed by atoms with E-state index in [9.17, 15) is 4.79 Å². The fourth-order valence-corrected chi connectivity index (χ4v) is 2.78. The number of carbonyl (C=O) groups excluding carboxylic acids is 1. The summed E-state index contributed by atoms with van der Waals surface area (Å²) < 4.78 is 7.71. The van der Waals surface area contributed by atoms with E-state index < -0.39 is 0 Å². The maximum absolute atomic E-state index is 12.2. The Bertz CT molecular complexity index is 622. The highest BCUT2D eigenvalue weighted by Crippen LogP contribution is 2.10. The summed E-state index contributed by atoms with van der Waals surface area (Å²) in [5.74, 6) is -0.0341. The standard InChI is InChI=1S/C18H23N3O2/c1-20-12-13-23-17(14-20)8-9-19-18(22)15-4-6-16(7-5-15)21-10-2-3-11-21/h2-7,10-11,17H,8-9,12-14H2,1H3,(H,19,22). The smallest absolute Gasteiger partial charge is 0.251 e. The molecule has 122 valence electrons. The van der Waals surface area contributed by atoms with E-state index in [-0.39, 0.29) is 12.0 Å². The van der Waals surface area contributed by atoms with Crippen molar-refractivity contribution in [3.05, 3.63) is 54.4 Å². The number of ether oxygens (including phenoxy) is 1. The summed E-state index contributed by atoms with van der Waals surface area (Å²) >= 11 is 0. The van der Waals surface area contributed by atoms with Gasteiger partial charge in [-0.2, -0.15) is 0 Å². The number of hydrogen-bond acceptors (Lipinski definition) is 3. The molecule has 1 fully saturated rings. The monoisotopic (exact) mass is 313 g/mol. The van der Waals surface area contributed by atoms with Gasteiger partial charge in [0.25, 0.3) is 5.91 Å². The molecule has 1 N–H and O–H groups in total. The molecule has 1 aromatic heterocycles. The van der Waals surface area contributed by atoms with Gasteiger partial charge in [-0.05, 0) is 49.9 Å². The van der Waals surface area contributed by atoms with Crippen LogP contribution in [0, 0.1) is 0 Å². The molecule has 1 atom stereocenters. The predicted molar refractivity (Wildman–Crippen MR) is 90.0 cm³/mol. The number of amides is 1. The number of rotatable bonds is 5. The van der Waals surface area contributed by atoms with Crippen LogP contribution >= 0.6 is 0 Å². The molecule has 23 heavy (non-hydrogen) atoms. The van der Waals surface area contributed by atoms with Crippen LogP contribution in [0.2, 0.25) is 0 Å². The lowest BCUT2D eigenvalue weighted by Crippen LogP contribution is -2.41. The maximum atomic E-state index is 12.2. The van der Waals surface area contributed by atoms with Crippen molar-refractivity contribution in [1.29, 1.82) is 0 Å². The highest BCUT2D eigenvalue weighted by Gasteiger charge is 2.17. The zero-order valence-electron chi connectivity index (χ0n) is 13.4. The highest BCUT2D eigenvalue weighted by atomic mass is 16.5. The lowest BCUT2D eigenvalue weighted by atomic mass is 10.1. The van der Waals surface area contributed by atoms with Gasteiger partial charge < -0.3 is 19.5 Å². The SMILES string of the molecule is CN1CCOC(CCNC(=O)c2ccc(-n3cccc3)cc2)C1. The number of benzene rings is 1. The second-order valence-corrected chi connectivity index (χ2v) is 5.94. The quantitative estimate of drug-likeness (QED) is 0.917. The summed E-state index contributed by atoms with van der Waals surface area (Å²) in [7, 11) is 2.10. The van der Waals surface area contributed by atoms with E-state index in [4.69, 9.17) is 4.74 Å². The first-order chi connectivity index (χ1) is 11.2. The third-order valence-corrected chi connectivity index (χ3v) is 4.13. The zero-order chi connectivity index (χ0) is 16.1. The number of aromatic nitrogens is 1. The summed E-state index contributed by atoms with van der Waals surface area (Å²) in [4.78, 5) is 14.4. The first-order valence-corrected chi connectivity index (χ1v) is 8.04. The lowest BCUT2D eigenvalue weighted by Gasteiger charge is -2.30. The number of likely N-dealkylation sites (N-methyl/N-ethyl adjacent to an activating group) is 1. The van der Waals surface area contributed by atoms with Crippen LogP contribution in [0.4, 0.5) is 0 Å². The van der Waals surface area contributed by atoms with Gasteiger partial charge in [0.2, 0.25) is 0 Å². The van der Waals surface area contributed by atoms with Gasteiger partial charge in [0.1, 0.15) is 0 Å². The minimum Gasteiger partial charge on any atom is -0.375 e. The fraction of sp³-hybridized carbons (Fsp3) is 0.389. The van der Waals surface area contributed by atoms with Crippen LogP contribution in [-0.2, 0) is 4.74 Å². The van der Waals surface area contributed by atoms with Crippen molar-refractivity contribution in [1.82, 2.24) is 14.8 Å². The molecule has 0 aliphatic carbocycles. The Labute approximate surface area is 136 Å². The molecule has 3 rings (SSSR count). The second kappa shape index (κ2) is 7.44. The molecule has 0 radical (unpaired) electrons. The number of nitrogens with one attached hydrogen (secondary N) is 1. The van der Waals surface area contributed by atoms with Crippen LogP contribution in [-0.4, -0.2) is 54.8 Å². The number of hydrogen-bond donors (Lipinski definition) is 1. The molecule has 5 nitrogen and oxygen atoms in total. The van der Waals surface area contributed by atoms with Crippen molar-refractivity contribution in [2.75, 3.05) is 33.3 Å². The Morgan fingerprint density at radius 3 is 2.70 bits per heavy atom. The van der Waals surface area contributed by atoms with Crippen molar-refractivity contribution in [3.63, 3.8) is 0 Å². The summed E-state index contributed by atoms with van der Waals surface area (Å²) in [6.45, 7) is 3.32. The third-order valence-electron chi connectivity index (χ3n) is 4.13. The Morgan fingerprint density at radius 1 is 1.26 bits per heavy atom. The van der Waals surface area contributed by atoms with Gasteiger partial charge in [-0.15, -0.1) is 0 Å². The van der Waals surface area contributed by atoms with E-state index in [0.29, 0.717) is 12.1 Å². The molecule has 1 unspecified atom stereocenters. The molecule has 1 saturated heterocycles. The predicted octanol–water partition coefficient (Wildman–Crippen LogP) is 1.93. The molecule has 5 heteroatoms. The summed E-state index contributed by atoms with van der Waals surface area (Å²) in [5.41, 5.74) is 1.73. The van der Waals surface area contributed by atoms with Crippen LogP contribution in [0.1, 0.15) is 16.8 Å². The Morgan fingerprint density at radius 2 is 2.00 bits per heavy atom. The highest BCUT2D eigenvalue weighted by molar-refractivity contribution is 5.94. The van der Waals surface area contributed by atoms with Gasteiger partial charge >= 0.3 is 0 Å². The van der Waals surface area contributed by atoms with Crippen molar-refractivity contribution >= 4 is 5.91 Å². The van der Waals surface area contributed by atoms with Crippen molar-refractivity contribution in [2.24, 2.45) is 0 Å². The average Bonchev–Trinajstić information content (AvgIpc) is 3.09. The molecule has 2 heterocycles. The van der Waals surface area contributed by atoms with E-state index in [1.807, 2.05) is 53.4 Å². The zero-order valence-corrected chi connectivity index (χ0v) is 13.4. The second-order valence-electron chi connectivity index (χ2n) is 5.94. The Hall–Kier alpha value is -2.11. The summed E-state index contributed by atoms with van der Waals surface area (Å²) in [6, 6.07) is 11.6. The van der Waals surface area contributed by atoms with Crippen LogP contribution in [0.3, 0.4) is 0 Å². The Kier molecular flexibility index (Phi) is 5.10. The minimum absolute atomic E-state index is 0.0341. The fourth-order valence-electron chi connectivity index (χ4n) is 2.78. The number of nitrogens with zero attached hydrogens (tertiary/aromatic N) is 2. The summed E-state index contributed by atoms with van der Waals surface area (Å²) in [5, 5.41) is 2.97. The van der Waals surface area contributed by atoms with Gasteiger partial charge in [0.05, 0.1) is 12.7 Å². The minimum atomic E-state index is -0.0341. The van der Waals surface area contributed by atoms with Gasteiger partial charge in [0.15, 0.2) is 0 Å². The lowest BCUT2D eigenvalue weighted by molar-refractivity contribution is -0.0226. The average molecular weight is 313 g/mol. The molecular weight excluding hydrogens is 290 g/mol. The molecular formula is C18H23N3O2. The van der Waals surface area contributed by atoms with Gasteiger partial charge in [-0.1, -0.05) is 0 Å². The van der Waals surface area contributed by atoms with E-state index in [1.165, 1.54) is 0 Å². The van der Waals surface area contributed by atoms with E-state index >= 15 is 0 Å². The normalized spacial score (nSPS) is 18.7. The molecule has 0 bridgehead atoms. The van der Waals surface area contributed by atoms with Crippen molar-refractivity contribution in [3.8, 4) is 5.69 Å². The van der Waals surface area contributed by atoms with Gasteiger partial charge in [-0.3, -0.25) is 4.79 Å². The van der Waals surface area contributed by atoms with Crippen LogP contribution < -0.4 is 5.32 Å². The molecule has 1 aliphatic heterocycles. The molecule has 0 saturated carbocycles. The molecule has 0 spiro atoms. The first-order valence-electron chi connectivity index (χ1n) is 8.04. The van der Waals surface area contributed by atoms with E-state index in [1.54, 1.807) is 0 Å². The van der Waals surface area contributed by atoms with E-state index in [2.05, 4.69) is 17.3 Å². The van der Waals surface area contributed by atoms with E-state index in [0.717, 1.165) is 31.8 Å². The van der Waals surface area contributed by atoms with Crippen molar-refractivity contribution < 1.29 is 9.53 Å².